The summed E-state index contributed by atoms with van der Waals surface area (Å²) in [7, 11) is 2.12. The molecule has 134 valence electrons. The minimum Gasteiger partial charge on any atom is -0.465 e. The standard InChI is InChI=1S/C16H17NO6S2/c1-22-14(20)11-9(18)8-10(13(19)12(11)15(21)23-2)25-16(24)17-6-4-3-5-7-17/h8H,3-7H2,1-2H3. The Morgan fingerprint density at radius 3 is 2.16 bits per heavy atom. The van der Waals surface area contributed by atoms with E-state index in [9.17, 15) is 19.2 Å². The third-order valence-electron chi connectivity index (χ3n) is 3.80. The Balaban J connectivity index is 2.29. The van der Waals surface area contributed by atoms with Crippen molar-refractivity contribution in [1.29, 1.82) is 0 Å². The summed E-state index contributed by atoms with van der Waals surface area (Å²) in [6.45, 7) is 1.57. The number of carbonyl (C=O) groups is 4. The fourth-order valence-corrected chi connectivity index (χ4v) is 3.84. The zero-order valence-electron chi connectivity index (χ0n) is 13.8. The first-order valence-corrected chi connectivity index (χ1v) is 8.81. The molecule has 0 aromatic rings. The molecule has 0 unspecified atom stereocenters. The van der Waals surface area contributed by atoms with Crippen LogP contribution in [0.2, 0.25) is 0 Å². The second-order valence-electron chi connectivity index (χ2n) is 5.35. The third-order valence-corrected chi connectivity index (χ3v) is 5.26. The number of thiocarbonyl (C=S) groups is 1. The van der Waals surface area contributed by atoms with Crippen molar-refractivity contribution in [3.8, 4) is 0 Å². The van der Waals surface area contributed by atoms with Crippen LogP contribution in [0.3, 0.4) is 0 Å². The van der Waals surface area contributed by atoms with Crippen LogP contribution in [0.4, 0.5) is 0 Å². The maximum atomic E-state index is 12.6. The van der Waals surface area contributed by atoms with Gasteiger partial charge in [0.1, 0.15) is 15.5 Å². The lowest BCUT2D eigenvalue weighted by Gasteiger charge is -2.29. The molecule has 1 aliphatic carbocycles. The van der Waals surface area contributed by atoms with Crippen molar-refractivity contribution in [2.75, 3.05) is 27.3 Å². The highest BCUT2D eigenvalue weighted by Crippen LogP contribution is 2.31. The van der Waals surface area contributed by atoms with Gasteiger partial charge in [0.05, 0.1) is 19.1 Å². The zero-order valence-corrected chi connectivity index (χ0v) is 15.5. The average molecular weight is 383 g/mol. The number of hydrogen-bond acceptors (Lipinski definition) is 8. The third kappa shape index (κ3) is 4.16. The van der Waals surface area contributed by atoms with Crippen LogP contribution in [0.1, 0.15) is 19.3 Å². The minimum absolute atomic E-state index is 0.00590. The molecule has 0 N–H and O–H groups in total. The van der Waals surface area contributed by atoms with Gasteiger partial charge in [-0.25, -0.2) is 9.59 Å². The number of Topliss-reactive ketones (excluding diaryl/α,β-unsaturated/α-hetero) is 1. The number of carbonyl (C=O) groups excluding carboxylic acids is 4. The van der Waals surface area contributed by atoms with Crippen LogP contribution >= 0.6 is 24.0 Å². The second kappa shape index (κ2) is 8.39. The van der Waals surface area contributed by atoms with Gasteiger partial charge in [-0.1, -0.05) is 24.0 Å². The molecule has 0 saturated carbocycles. The van der Waals surface area contributed by atoms with E-state index in [1.807, 2.05) is 4.90 Å². The van der Waals surface area contributed by atoms with Gasteiger partial charge < -0.3 is 14.4 Å². The number of hydrogen-bond donors (Lipinski definition) is 0. The molecule has 1 heterocycles. The summed E-state index contributed by atoms with van der Waals surface area (Å²) in [5, 5.41) is 0. The van der Waals surface area contributed by atoms with Crippen molar-refractivity contribution in [3.05, 3.63) is 22.1 Å². The van der Waals surface area contributed by atoms with Gasteiger partial charge in [-0.2, -0.15) is 0 Å². The smallest absolute Gasteiger partial charge is 0.342 e. The average Bonchev–Trinajstić information content (AvgIpc) is 2.63. The summed E-state index contributed by atoms with van der Waals surface area (Å²) >= 11 is 6.29. The molecule has 0 atom stereocenters. The molecule has 0 bridgehead atoms. The minimum atomic E-state index is -1.06. The maximum Gasteiger partial charge on any atom is 0.342 e. The lowest BCUT2D eigenvalue weighted by Crippen LogP contribution is -2.34. The number of esters is 2. The highest BCUT2D eigenvalue weighted by atomic mass is 32.2. The molecule has 2 rings (SSSR count). The molecule has 0 spiro atoms. The molecule has 2 aliphatic rings. The van der Waals surface area contributed by atoms with E-state index in [4.69, 9.17) is 12.2 Å². The first kappa shape index (κ1) is 19.3. The highest BCUT2D eigenvalue weighted by Gasteiger charge is 2.38. The molecule has 0 aromatic carbocycles. The van der Waals surface area contributed by atoms with E-state index in [0.29, 0.717) is 4.32 Å². The number of allylic oxidation sites excluding steroid dienone is 2. The maximum absolute atomic E-state index is 12.6. The van der Waals surface area contributed by atoms with Crippen molar-refractivity contribution in [2.45, 2.75) is 19.3 Å². The van der Waals surface area contributed by atoms with Crippen LogP contribution in [0, 0.1) is 0 Å². The van der Waals surface area contributed by atoms with Crippen molar-refractivity contribution in [1.82, 2.24) is 4.90 Å². The number of ether oxygens (including phenoxy) is 2. The molecule has 1 aliphatic heterocycles. The summed E-state index contributed by atoms with van der Waals surface area (Å²) in [4.78, 5) is 50.6. The molecular weight excluding hydrogens is 366 g/mol. The van der Waals surface area contributed by atoms with E-state index in [0.717, 1.165) is 64.4 Å². The van der Waals surface area contributed by atoms with Crippen molar-refractivity contribution < 1.29 is 28.7 Å². The number of piperidine rings is 1. The fourth-order valence-electron chi connectivity index (χ4n) is 2.53. The summed E-state index contributed by atoms with van der Waals surface area (Å²) in [5.41, 5.74) is -1.24. The predicted octanol–water partition coefficient (Wildman–Crippen LogP) is 1.17. The Hall–Kier alpha value is -2.00. The van der Waals surface area contributed by atoms with Crippen LogP contribution in [0.25, 0.3) is 0 Å². The lowest BCUT2D eigenvalue weighted by atomic mass is 9.94. The number of nitrogens with zero attached hydrogens (tertiary/aromatic N) is 1. The van der Waals surface area contributed by atoms with Crippen LogP contribution < -0.4 is 0 Å². The van der Waals surface area contributed by atoms with Gasteiger partial charge in [-0.3, -0.25) is 9.59 Å². The van der Waals surface area contributed by atoms with E-state index >= 15 is 0 Å². The summed E-state index contributed by atoms with van der Waals surface area (Å²) in [6.07, 6.45) is 4.16. The van der Waals surface area contributed by atoms with Crippen LogP contribution in [-0.4, -0.2) is 60.0 Å². The Kier molecular flexibility index (Phi) is 6.49. The number of ketones is 2. The molecule has 1 saturated heterocycles. The van der Waals surface area contributed by atoms with E-state index in [1.165, 1.54) is 0 Å². The Bertz CT molecular complexity index is 703. The quantitative estimate of drug-likeness (QED) is 0.308. The molecule has 0 amide bonds. The first-order chi connectivity index (χ1) is 11.9. The molecule has 0 aromatic heterocycles. The topological polar surface area (TPSA) is 90.0 Å². The van der Waals surface area contributed by atoms with Gasteiger partial charge in [0.2, 0.25) is 5.78 Å². The van der Waals surface area contributed by atoms with E-state index < -0.39 is 34.7 Å². The van der Waals surface area contributed by atoms with E-state index in [-0.39, 0.29) is 4.91 Å². The molecular formula is C16H17NO6S2. The van der Waals surface area contributed by atoms with Crippen LogP contribution in [0.5, 0.6) is 0 Å². The number of rotatable bonds is 3. The molecule has 25 heavy (non-hydrogen) atoms. The Morgan fingerprint density at radius 1 is 1.04 bits per heavy atom. The number of likely N-dealkylation sites (tertiary alicyclic amines) is 1. The normalized spacial score (nSPS) is 18.0. The van der Waals surface area contributed by atoms with Crippen molar-refractivity contribution in [2.24, 2.45) is 0 Å². The highest BCUT2D eigenvalue weighted by molar-refractivity contribution is 8.26. The second-order valence-corrected chi connectivity index (χ2v) is 7.03. The van der Waals surface area contributed by atoms with Gasteiger partial charge in [-0.05, 0) is 19.3 Å². The van der Waals surface area contributed by atoms with Gasteiger partial charge in [0.15, 0.2) is 5.78 Å². The summed E-state index contributed by atoms with van der Waals surface area (Å²) in [5.74, 6) is -3.67. The fraction of sp³-hybridized carbons (Fsp3) is 0.438. The monoisotopic (exact) mass is 383 g/mol. The van der Waals surface area contributed by atoms with Gasteiger partial charge in [0.25, 0.3) is 0 Å². The summed E-state index contributed by atoms with van der Waals surface area (Å²) < 4.78 is 9.50. The van der Waals surface area contributed by atoms with Gasteiger partial charge in [-0.15, -0.1) is 0 Å². The van der Waals surface area contributed by atoms with Crippen molar-refractivity contribution >= 4 is 51.8 Å². The Labute approximate surface area is 154 Å². The van der Waals surface area contributed by atoms with Crippen LogP contribution in [-0.2, 0) is 28.7 Å². The number of methoxy groups -OCH3 is 2. The Morgan fingerprint density at radius 2 is 1.60 bits per heavy atom. The molecule has 1 fully saturated rings. The van der Waals surface area contributed by atoms with Gasteiger partial charge >= 0.3 is 11.9 Å². The summed E-state index contributed by atoms with van der Waals surface area (Å²) in [6, 6.07) is 0. The van der Waals surface area contributed by atoms with Crippen molar-refractivity contribution in [3.63, 3.8) is 0 Å². The van der Waals surface area contributed by atoms with E-state index in [1.54, 1.807) is 0 Å². The SMILES string of the molecule is COC(=O)C1=C(C(=O)OC)C(=O)C(SC(=S)N2CCCCC2)=CC1=O. The predicted molar refractivity (Wildman–Crippen MR) is 94.8 cm³/mol. The molecule has 0 radical (unpaired) electrons. The first-order valence-electron chi connectivity index (χ1n) is 7.59. The van der Waals surface area contributed by atoms with E-state index in [2.05, 4.69) is 9.47 Å². The molecule has 9 heteroatoms. The zero-order chi connectivity index (χ0) is 18.6. The lowest BCUT2D eigenvalue weighted by molar-refractivity contribution is -0.141. The molecule has 7 nitrogen and oxygen atoms in total. The largest absolute Gasteiger partial charge is 0.465 e. The van der Waals surface area contributed by atoms with Gasteiger partial charge in [0, 0.05) is 19.2 Å². The van der Waals surface area contributed by atoms with Crippen LogP contribution in [0.15, 0.2) is 22.1 Å². The number of thioether (sulfide) groups is 1.